The standard InChI is InChI=1S/C27H21N3O4S/c31-25(29-27-28-10-13-35-27)24(17-4-2-1-3-5-17)30-16-20-14-18(6-8-21(20)26(30)32)19-7-9-22-23(15-19)34-12-11-33-22/h1-10,13-15,24H,11-12,16H2,(H,28,29,31)/t24-/m1/s1. The van der Waals surface area contributed by atoms with E-state index in [9.17, 15) is 9.59 Å². The highest BCUT2D eigenvalue weighted by Gasteiger charge is 2.37. The normalized spacial score (nSPS) is 15.0. The number of carbonyl (C=O) groups excluding carboxylic acids is 2. The van der Waals surface area contributed by atoms with Crippen LogP contribution in [0.25, 0.3) is 11.1 Å². The molecule has 35 heavy (non-hydrogen) atoms. The summed E-state index contributed by atoms with van der Waals surface area (Å²) in [6.45, 7) is 1.40. The van der Waals surface area contributed by atoms with Crippen molar-refractivity contribution in [3.8, 4) is 22.6 Å². The number of ether oxygens (including phenoxy) is 2. The van der Waals surface area contributed by atoms with Gasteiger partial charge in [0.2, 0.25) is 0 Å². The molecule has 7 nitrogen and oxygen atoms in total. The van der Waals surface area contributed by atoms with Crippen molar-refractivity contribution < 1.29 is 19.1 Å². The van der Waals surface area contributed by atoms with Gasteiger partial charge in [0.1, 0.15) is 19.3 Å². The smallest absolute Gasteiger partial charge is 0.255 e. The molecule has 2 aliphatic heterocycles. The topological polar surface area (TPSA) is 80.8 Å². The molecule has 0 unspecified atom stereocenters. The number of hydrogen-bond donors (Lipinski definition) is 1. The van der Waals surface area contributed by atoms with E-state index in [0.29, 0.717) is 30.5 Å². The summed E-state index contributed by atoms with van der Waals surface area (Å²) in [5, 5.41) is 5.16. The van der Waals surface area contributed by atoms with Gasteiger partial charge in [-0.25, -0.2) is 4.98 Å². The van der Waals surface area contributed by atoms with Crippen molar-refractivity contribution in [2.45, 2.75) is 12.6 Å². The zero-order valence-electron chi connectivity index (χ0n) is 18.6. The number of carbonyl (C=O) groups is 2. The number of thiazole rings is 1. The van der Waals surface area contributed by atoms with Crippen molar-refractivity contribution >= 4 is 28.3 Å². The summed E-state index contributed by atoms with van der Waals surface area (Å²) in [7, 11) is 0. The van der Waals surface area contributed by atoms with Crippen molar-refractivity contribution in [2.24, 2.45) is 0 Å². The van der Waals surface area contributed by atoms with Crippen LogP contribution in [0.3, 0.4) is 0 Å². The highest BCUT2D eigenvalue weighted by atomic mass is 32.1. The molecule has 0 saturated carbocycles. The lowest BCUT2D eigenvalue weighted by atomic mass is 10.00. The Hall–Kier alpha value is -4.17. The van der Waals surface area contributed by atoms with Gasteiger partial charge in [0.25, 0.3) is 11.8 Å². The van der Waals surface area contributed by atoms with Crippen LogP contribution in [0.1, 0.15) is 27.5 Å². The van der Waals surface area contributed by atoms with Crippen molar-refractivity contribution in [1.29, 1.82) is 0 Å². The Morgan fingerprint density at radius 3 is 2.54 bits per heavy atom. The maximum absolute atomic E-state index is 13.5. The minimum atomic E-state index is -0.780. The minimum absolute atomic E-state index is 0.170. The van der Waals surface area contributed by atoms with E-state index in [1.165, 1.54) is 11.3 Å². The van der Waals surface area contributed by atoms with Gasteiger partial charge < -0.3 is 14.4 Å². The quantitative estimate of drug-likeness (QED) is 0.436. The fourth-order valence-electron chi connectivity index (χ4n) is 4.52. The fraction of sp³-hybridized carbons (Fsp3) is 0.148. The SMILES string of the molecule is O=C(Nc1nccs1)[C@@H](c1ccccc1)N1Cc2cc(-c3ccc4c(c3)OCCO4)ccc2C1=O. The summed E-state index contributed by atoms with van der Waals surface area (Å²) in [5.74, 6) is 0.991. The average Bonchev–Trinajstić information content (AvgIpc) is 3.52. The van der Waals surface area contributed by atoms with Crippen LogP contribution in [0, 0.1) is 0 Å². The van der Waals surface area contributed by atoms with Crippen molar-refractivity contribution in [3.63, 3.8) is 0 Å². The number of anilines is 1. The summed E-state index contributed by atoms with van der Waals surface area (Å²) in [5.41, 5.74) is 4.18. The summed E-state index contributed by atoms with van der Waals surface area (Å²) < 4.78 is 11.4. The van der Waals surface area contributed by atoms with Gasteiger partial charge in [0, 0.05) is 23.7 Å². The summed E-state index contributed by atoms with van der Waals surface area (Å²) in [6.07, 6.45) is 1.63. The molecule has 0 aliphatic carbocycles. The van der Waals surface area contributed by atoms with Gasteiger partial charge in [0.15, 0.2) is 16.6 Å². The Balaban J connectivity index is 1.32. The molecule has 1 aromatic heterocycles. The average molecular weight is 484 g/mol. The lowest BCUT2D eigenvalue weighted by Gasteiger charge is -2.27. The molecule has 2 amide bonds. The fourth-order valence-corrected chi connectivity index (χ4v) is 5.05. The number of benzene rings is 3. The molecule has 4 aromatic rings. The number of nitrogens with zero attached hydrogens (tertiary/aromatic N) is 2. The summed E-state index contributed by atoms with van der Waals surface area (Å²) >= 11 is 1.34. The molecular formula is C27H21N3O4S. The predicted molar refractivity (Wildman–Crippen MR) is 133 cm³/mol. The highest BCUT2D eigenvalue weighted by molar-refractivity contribution is 7.13. The molecule has 174 valence electrons. The Bertz CT molecular complexity index is 1410. The molecule has 1 atom stereocenters. The van der Waals surface area contributed by atoms with Gasteiger partial charge in [-0.3, -0.25) is 14.9 Å². The minimum Gasteiger partial charge on any atom is -0.486 e. The van der Waals surface area contributed by atoms with Gasteiger partial charge in [0.05, 0.1) is 0 Å². The Morgan fingerprint density at radius 1 is 0.971 bits per heavy atom. The van der Waals surface area contributed by atoms with Crippen molar-refractivity contribution in [2.75, 3.05) is 18.5 Å². The van der Waals surface area contributed by atoms with Crippen LogP contribution in [0.4, 0.5) is 5.13 Å². The van der Waals surface area contributed by atoms with Gasteiger partial charge in [-0.15, -0.1) is 11.3 Å². The van der Waals surface area contributed by atoms with Gasteiger partial charge in [-0.05, 0) is 46.5 Å². The van der Waals surface area contributed by atoms with Crippen LogP contribution in [-0.2, 0) is 11.3 Å². The first-order chi connectivity index (χ1) is 17.2. The summed E-state index contributed by atoms with van der Waals surface area (Å²) in [6, 6.07) is 20.2. The second-order valence-electron chi connectivity index (χ2n) is 8.30. The molecule has 0 bridgehead atoms. The molecular weight excluding hydrogens is 462 g/mol. The molecule has 3 aromatic carbocycles. The van der Waals surface area contributed by atoms with E-state index in [1.54, 1.807) is 16.5 Å². The maximum Gasteiger partial charge on any atom is 0.255 e. The maximum atomic E-state index is 13.5. The van der Waals surface area contributed by atoms with Crippen LogP contribution in [-0.4, -0.2) is 34.9 Å². The van der Waals surface area contributed by atoms with Gasteiger partial charge >= 0.3 is 0 Å². The number of amides is 2. The third-order valence-electron chi connectivity index (χ3n) is 6.15. The third kappa shape index (κ3) is 4.02. The molecule has 0 spiro atoms. The zero-order chi connectivity index (χ0) is 23.8. The number of rotatable bonds is 5. The first-order valence-electron chi connectivity index (χ1n) is 11.3. The van der Waals surface area contributed by atoms with E-state index < -0.39 is 6.04 Å². The molecule has 0 fully saturated rings. The van der Waals surface area contributed by atoms with Crippen LogP contribution in [0.2, 0.25) is 0 Å². The van der Waals surface area contributed by atoms with E-state index in [4.69, 9.17) is 9.47 Å². The van der Waals surface area contributed by atoms with Crippen LogP contribution in [0.5, 0.6) is 11.5 Å². The van der Waals surface area contributed by atoms with E-state index in [0.717, 1.165) is 33.8 Å². The number of hydrogen-bond acceptors (Lipinski definition) is 6. The Morgan fingerprint density at radius 2 is 1.74 bits per heavy atom. The largest absolute Gasteiger partial charge is 0.486 e. The Labute approximate surface area is 206 Å². The Kier molecular flexibility index (Phi) is 5.42. The van der Waals surface area contributed by atoms with E-state index in [2.05, 4.69) is 10.3 Å². The van der Waals surface area contributed by atoms with Crippen molar-refractivity contribution in [3.05, 3.63) is 95.0 Å². The van der Waals surface area contributed by atoms with E-state index >= 15 is 0 Å². The lowest BCUT2D eigenvalue weighted by molar-refractivity contribution is -0.120. The van der Waals surface area contributed by atoms with Crippen LogP contribution in [0.15, 0.2) is 78.3 Å². The number of fused-ring (bicyclic) bond motifs is 2. The summed E-state index contributed by atoms with van der Waals surface area (Å²) in [4.78, 5) is 32.6. The van der Waals surface area contributed by atoms with Gasteiger partial charge in [-0.1, -0.05) is 42.5 Å². The monoisotopic (exact) mass is 483 g/mol. The van der Waals surface area contributed by atoms with E-state index in [1.807, 2.05) is 66.7 Å². The molecule has 2 aliphatic rings. The lowest BCUT2D eigenvalue weighted by Crippen LogP contribution is -2.37. The first kappa shape index (κ1) is 21.4. The molecule has 0 saturated heterocycles. The van der Waals surface area contributed by atoms with Gasteiger partial charge in [-0.2, -0.15) is 0 Å². The van der Waals surface area contributed by atoms with Crippen molar-refractivity contribution in [1.82, 2.24) is 9.88 Å². The van der Waals surface area contributed by atoms with Crippen LogP contribution >= 0.6 is 11.3 Å². The second kappa shape index (κ2) is 8.88. The third-order valence-corrected chi connectivity index (χ3v) is 6.84. The number of nitrogens with one attached hydrogen (secondary N) is 1. The molecule has 6 rings (SSSR count). The molecule has 8 heteroatoms. The second-order valence-corrected chi connectivity index (χ2v) is 9.20. The molecule has 0 radical (unpaired) electrons. The van der Waals surface area contributed by atoms with Crippen LogP contribution < -0.4 is 14.8 Å². The number of aromatic nitrogens is 1. The molecule has 3 heterocycles. The van der Waals surface area contributed by atoms with E-state index in [-0.39, 0.29) is 11.8 Å². The molecule has 1 N–H and O–H groups in total. The highest BCUT2D eigenvalue weighted by Crippen LogP contribution is 2.38. The zero-order valence-corrected chi connectivity index (χ0v) is 19.5. The predicted octanol–water partition coefficient (Wildman–Crippen LogP) is 4.92. The first-order valence-corrected chi connectivity index (χ1v) is 12.1.